The average molecular weight is 404 g/mol. The van der Waals surface area contributed by atoms with Gasteiger partial charge in [-0.1, -0.05) is 36.6 Å². The minimum absolute atomic E-state index is 0.0366. The molecule has 4 nitrogen and oxygen atoms in total. The van der Waals surface area contributed by atoms with Crippen molar-refractivity contribution in [1.82, 2.24) is 4.90 Å². The number of rotatable bonds is 3. The summed E-state index contributed by atoms with van der Waals surface area (Å²) in [4.78, 5) is 29.4. The molecule has 1 aromatic carbocycles. The molecule has 6 heteroatoms. The van der Waals surface area contributed by atoms with Gasteiger partial charge in [-0.15, -0.1) is 11.3 Å². The zero-order valence-corrected chi connectivity index (χ0v) is 16.8. The lowest BCUT2D eigenvalue weighted by molar-refractivity contribution is -0.156. The molecule has 2 aliphatic rings. The summed E-state index contributed by atoms with van der Waals surface area (Å²) in [5, 5.41) is 2.65. The molecule has 0 spiro atoms. The maximum absolute atomic E-state index is 13.9. The summed E-state index contributed by atoms with van der Waals surface area (Å²) in [5.41, 5.74) is 1.33. The van der Waals surface area contributed by atoms with Crippen LogP contribution in [0.3, 0.4) is 0 Å². The molecule has 2 heterocycles. The first-order valence-electron chi connectivity index (χ1n) is 9.28. The summed E-state index contributed by atoms with van der Waals surface area (Å²) in [6, 6.07) is 8.90. The number of fused-ring (bicyclic) bond motifs is 1. The average Bonchev–Trinajstić information content (AvgIpc) is 3.36. The van der Waals surface area contributed by atoms with Crippen LogP contribution in [0.4, 0.5) is 0 Å². The van der Waals surface area contributed by atoms with Crippen molar-refractivity contribution in [3.8, 4) is 0 Å². The fourth-order valence-corrected chi connectivity index (χ4v) is 5.58. The summed E-state index contributed by atoms with van der Waals surface area (Å²) in [7, 11) is 1.39. The number of carbonyl (C=O) groups is 2. The van der Waals surface area contributed by atoms with Gasteiger partial charge in [0.1, 0.15) is 0 Å². The van der Waals surface area contributed by atoms with Crippen molar-refractivity contribution in [1.29, 1.82) is 0 Å². The predicted octanol–water partition coefficient (Wildman–Crippen LogP) is 4.51. The van der Waals surface area contributed by atoms with Gasteiger partial charge in [-0.3, -0.25) is 4.79 Å². The molecular formula is C21H22ClNO3S. The number of halogens is 1. The number of carbonyl (C=O) groups excluding carboxylic acids is 2. The molecule has 0 saturated heterocycles. The molecule has 142 valence electrons. The third-order valence-corrected chi connectivity index (χ3v) is 7.16. The van der Waals surface area contributed by atoms with Crippen molar-refractivity contribution < 1.29 is 14.3 Å². The second-order valence-corrected chi connectivity index (χ2v) is 8.71. The number of methoxy groups -OCH3 is 1. The van der Waals surface area contributed by atoms with E-state index in [0.29, 0.717) is 11.6 Å². The molecule has 0 radical (unpaired) electrons. The molecule has 1 aromatic heterocycles. The monoisotopic (exact) mass is 403 g/mol. The molecule has 1 aliphatic carbocycles. The summed E-state index contributed by atoms with van der Waals surface area (Å²) >= 11 is 7.70. The predicted molar refractivity (Wildman–Crippen MR) is 106 cm³/mol. The van der Waals surface area contributed by atoms with Gasteiger partial charge in [0, 0.05) is 16.4 Å². The van der Waals surface area contributed by atoms with Gasteiger partial charge in [0.2, 0.25) is 5.91 Å². The number of thiophene rings is 1. The lowest BCUT2D eigenvalue weighted by Crippen LogP contribution is -2.51. The number of ether oxygens (including phenoxy) is 1. The topological polar surface area (TPSA) is 46.6 Å². The highest BCUT2D eigenvalue weighted by Gasteiger charge is 2.49. The minimum atomic E-state index is -0.651. The molecule has 1 unspecified atom stereocenters. The fourth-order valence-electron chi connectivity index (χ4n) is 4.55. The number of amides is 1. The van der Waals surface area contributed by atoms with Gasteiger partial charge < -0.3 is 9.64 Å². The highest BCUT2D eigenvalue weighted by atomic mass is 35.5. The van der Waals surface area contributed by atoms with E-state index in [2.05, 4.69) is 0 Å². The van der Waals surface area contributed by atoms with Crippen LogP contribution in [-0.4, -0.2) is 30.4 Å². The van der Waals surface area contributed by atoms with E-state index in [-0.39, 0.29) is 11.9 Å². The number of hydrogen-bond donors (Lipinski definition) is 0. The Bertz CT molecular complexity index is 855. The molecule has 1 fully saturated rings. The third-order valence-electron chi connectivity index (χ3n) is 5.91. The van der Waals surface area contributed by atoms with Crippen LogP contribution in [0, 0.1) is 0 Å². The first-order chi connectivity index (χ1) is 13.1. The second-order valence-electron chi connectivity index (χ2n) is 7.27. The summed E-state index contributed by atoms with van der Waals surface area (Å²) in [6.45, 7) is 0.543. The number of benzene rings is 1. The van der Waals surface area contributed by atoms with Crippen molar-refractivity contribution in [3.05, 3.63) is 56.7 Å². The summed E-state index contributed by atoms with van der Waals surface area (Å²) in [6.07, 6.45) is 4.40. The smallest absolute Gasteiger partial charge is 0.333 e. The molecule has 1 aliphatic heterocycles. The van der Waals surface area contributed by atoms with Crippen molar-refractivity contribution in [2.24, 2.45) is 0 Å². The minimum Gasteiger partial charge on any atom is -0.467 e. The van der Waals surface area contributed by atoms with Crippen molar-refractivity contribution >= 4 is 34.8 Å². The lowest BCUT2D eigenvalue weighted by Gasteiger charge is -2.40. The van der Waals surface area contributed by atoms with Crippen molar-refractivity contribution in [2.45, 2.75) is 43.6 Å². The SMILES string of the molecule is COC(=O)C1c2ccsc2CCN1C(=O)C1(c2ccc(Cl)cc2)CCCC1. The zero-order chi connectivity index (χ0) is 19.0. The highest BCUT2D eigenvalue weighted by Crippen LogP contribution is 2.45. The molecule has 1 atom stereocenters. The standard InChI is InChI=1S/C21H22ClNO3S/c1-26-19(24)18-16-9-13-27-17(16)8-12-23(18)20(25)21(10-2-3-11-21)14-4-6-15(22)7-5-14/h4-7,9,13,18H,2-3,8,10-12H2,1H3. The Balaban J connectivity index is 1.75. The van der Waals surface area contributed by atoms with E-state index in [1.54, 1.807) is 16.2 Å². The molecular weight excluding hydrogens is 382 g/mol. The first kappa shape index (κ1) is 18.5. The zero-order valence-electron chi connectivity index (χ0n) is 15.2. The van der Waals surface area contributed by atoms with E-state index in [1.165, 1.54) is 12.0 Å². The van der Waals surface area contributed by atoms with Crippen LogP contribution in [0.1, 0.15) is 47.7 Å². The van der Waals surface area contributed by atoms with Crippen LogP contribution < -0.4 is 0 Å². The molecule has 0 N–H and O–H groups in total. The van der Waals surface area contributed by atoms with Gasteiger partial charge in [0.25, 0.3) is 0 Å². The Morgan fingerprint density at radius 1 is 1.19 bits per heavy atom. The van der Waals surface area contributed by atoms with E-state index in [9.17, 15) is 9.59 Å². The number of hydrogen-bond acceptors (Lipinski definition) is 4. The molecule has 0 bridgehead atoms. The van der Waals surface area contributed by atoms with Gasteiger partial charge in [-0.2, -0.15) is 0 Å². The maximum atomic E-state index is 13.9. The van der Waals surface area contributed by atoms with Crippen LogP contribution in [0.25, 0.3) is 0 Å². The Hall–Kier alpha value is -1.85. The van der Waals surface area contributed by atoms with Gasteiger partial charge in [-0.05, 0) is 54.0 Å². The molecule has 1 amide bonds. The van der Waals surface area contributed by atoms with E-state index in [4.69, 9.17) is 16.3 Å². The normalized spacial score (nSPS) is 21.0. The summed E-state index contributed by atoms with van der Waals surface area (Å²) in [5.74, 6) is -0.332. The quantitative estimate of drug-likeness (QED) is 0.708. The van der Waals surface area contributed by atoms with E-state index < -0.39 is 11.5 Å². The number of esters is 1. The molecule has 1 saturated carbocycles. The molecule has 4 rings (SSSR count). The van der Waals surface area contributed by atoms with E-state index in [0.717, 1.165) is 43.2 Å². The van der Waals surface area contributed by atoms with Crippen molar-refractivity contribution in [3.63, 3.8) is 0 Å². The van der Waals surface area contributed by atoms with Gasteiger partial charge in [0.05, 0.1) is 12.5 Å². The van der Waals surface area contributed by atoms with Gasteiger partial charge in [-0.25, -0.2) is 4.79 Å². The maximum Gasteiger partial charge on any atom is 0.333 e. The Labute approximate surface area is 168 Å². The Morgan fingerprint density at radius 3 is 2.56 bits per heavy atom. The highest BCUT2D eigenvalue weighted by molar-refractivity contribution is 7.10. The van der Waals surface area contributed by atoms with E-state index >= 15 is 0 Å². The van der Waals surface area contributed by atoms with Crippen LogP contribution in [0.5, 0.6) is 0 Å². The van der Waals surface area contributed by atoms with Crippen LogP contribution >= 0.6 is 22.9 Å². The fraction of sp³-hybridized carbons (Fsp3) is 0.429. The Kier molecular flexibility index (Phi) is 4.99. The van der Waals surface area contributed by atoms with Crippen molar-refractivity contribution in [2.75, 3.05) is 13.7 Å². The van der Waals surface area contributed by atoms with Crippen LogP contribution in [0.2, 0.25) is 5.02 Å². The van der Waals surface area contributed by atoms with Crippen LogP contribution in [0.15, 0.2) is 35.7 Å². The third kappa shape index (κ3) is 3.07. The number of nitrogens with zero attached hydrogens (tertiary/aromatic N) is 1. The van der Waals surface area contributed by atoms with Gasteiger partial charge in [0.15, 0.2) is 6.04 Å². The molecule has 27 heavy (non-hydrogen) atoms. The molecule has 2 aromatic rings. The van der Waals surface area contributed by atoms with E-state index in [1.807, 2.05) is 35.7 Å². The first-order valence-corrected chi connectivity index (χ1v) is 10.5. The summed E-state index contributed by atoms with van der Waals surface area (Å²) < 4.78 is 5.07. The largest absolute Gasteiger partial charge is 0.467 e. The Morgan fingerprint density at radius 2 is 1.89 bits per heavy atom. The van der Waals surface area contributed by atoms with Gasteiger partial charge >= 0.3 is 5.97 Å². The second kappa shape index (κ2) is 7.28. The lowest BCUT2D eigenvalue weighted by atomic mass is 9.76. The van der Waals surface area contributed by atoms with Crippen LogP contribution in [-0.2, 0) is 26.2 Å².